The molecule has 1 aliphatic carbocycles. The Balaban J connectivity index is 1.65. The predicted octanol–water partition coefficient (Wildman–Crippen LogP) is 5.06. The van der Waals surface area contributed by atoms with Crippen LogP contribution in [-0.2, 0) is 0 Å². The Morgan fingerprint density at radius 1 is 1.29 bits per heavy atom. The number of carbonyl (C=O) groups is 1. The molecule has 2 heterocycles. The lowest BCUT2D eigenvalue weighted by Gasteiger charge is -2.15. The maximum Gasteiger partial charge on any atom is 0.405 e. The van der Waals surface area contributed by atoms with Crippen LogP contribution in [0.2, 0.25) is 0 Å². The van der Waals surface area contributed by atoms with Crippen molar-refractivity contribution in [3.05, 3.63) is 48.3 Å². The molecule has 8 nitrogen and oxygen atoms in total. The molecule has 2 aromatic heterocycles. The first-order chi connectivity index (χ1) is 16.1. The summed E-state index contributed by atoms with van der Waals surface area (Å²) in [7, 11) is 0. The molecule has 1 fully saturated rings. The van der Waals surface area contributed by atoms with E-state index in [-0.39, 0.29) is 17.7 Å². The van der Waals surface area contributed by atoms with E-state index in [4.69, 9.17) is 4.74 Å². The second-order valence-corrected chi connectivity index (χ2v) is 8.38. The highest BCUT2D eigenvalue weighted by molar-refractivity contribution is 6.03. The number of urea groups is 1. The fourth-order valence-corrected chi connectivity index (χ4v) is 3.60. The standard InChI is InChI=1S/C23H24F3N5O3/c1-13(2)34-18-8-16(7-17(10-18)29-22(32)28-12-23(24,25)26)19-11-27-20-9-15(5-6-31(19)20)21(30-33)14-3-4-14/h5-11,13-14,33H,3-4,12H2,1-2H3,(H2,28,29,32)/b30-21+. The molecule has 1 aromatic carbocycles. The van der Waals surface area contributed by atoms with Gasteiger partial charge in [0.1, 0.15) is 17.9 Å². The van der Waals surface area contributed by atoms with E-state index in [2.05, 4.69) is 15.5 Å². The van der Waals surface area contributed by atoms with Crippen LogP contribution in [0, 0.1) is 5.92 Å². The van der Waals surface area contributed by atoms with Crippen molar-refractivity contribution >= 4 is 23.1 Å². The van der Waals surface area contributed by atoms with Crippen LogP contribution >= 0.6 is 0 Å². The zero-order valence-corrected chi connectivity index (χ0v) is 18.6. The summed E-state index contributed by atoms with van der Waals surface area (Å²) in [4.78, 5) is 16.4. The summed E-state index contributed by atoms with van der Waals surface area (Å²) in [6.07, 6.45) is 0.748. The maximum absolute atomic E-state index is 12.4. The van der Waals surface area contributed by atoms with E-state index in [0.29, 0.717) is 28.4 Å². The summed E-state index contributed by atoms with van der Waals surface area (Å²) in [5.41, 5.74) is 3.64. The number of nitrogens with one attached hydrogen (secondary N) is 2. The molecule has 180 valence electrons. The summed E-state index contributed by atoms with van der Waals surface area (Å²) >= 11 is 0. The van der Waals surface area contributed by atoms with Crippen LogP contribution in [0.1, 0.15) is 32.3 Å². The lowest BCUT2D eigenvalue weighted by Crippen LogP contribution is -2.36. The van der Waals surface area contributed by atoms with Gasteiger partial charge in [-0.05, 0) is 51.0 Å². The highest BCUT2D eigenvalue weighted by Gasteiger charge is 2.30. The Kier molecular flexibility index (Phi) is 6.36. The Bertz CT molecular complexity index is 1230. The van der Waals surface area contributed by atoms with Gasteiger partial charge in [0.25, 0.3) is 0 Å². The van der Waals surface area contributed by atoms with Crippen molar-refractivity contribution in [1.29, 1.82) is 0 Å². The maximum atomic E-state index is 12.4. The van der Waals surface area contributed by atoms with Gasteiger partial charge < -0.3 is 20.6 Å². The molecule has 0 saturated heterocycles. The molecule has 4 rings (SSSR count). The third kappa shape index (κ3) is 5.59. The number of ether oxygens (including phenoxy) is 1. The molecule has 2 amide bonds. The number of hydrogen-bond acceptors (Lipinski definition) is 5. The number of nitrogens with zero attached hydrogens (tertiary/aromatic N) is 3. The smallest absolute Gasteiger partial charge is 0.405 e. The summed E-state index contributed by atoms with van der Waals surface area (Å²) in [5.74, 6) is 0.692. The van der Waals surface area contributed by atoms with E-state index in [0.717, 1.165) is 18.4 Å². The highest BCUT2D eigenvalue weighted by atomic mass is 19.4. The second kappa shape index (κ2) is 9.24. The minimum atomic E-state index is -4.51. The number of rotatable bonds is 7. The molecule has 1 aliphatic rings. The fraction of sp³-hybridized carbons (Fsp3) is 0.348. The first-order valence-corrected chi connectivity index (χ1v) is 10.8. The molecule has 34 heavy (non-hydrogen) atoms. The number of anilines is 1. The van der Waals surface area contributed by atoms with E-state index in [1.807, 2.05) is 30.4 Å². The Hall–Kier alpha value is -3.76. The molecule has 0 radical (unpaired) electrons. The summed E-state index contributed by atoms with van der Waals surface area (Å²) in [5, 5.41) is 17.0. The van der Waals surface area contributed by atoms with Gasteiger partial charge in [-0.2, -0.15) is 13.2 Å². The van der Waals surface area contributed by atoms with E-state index in [1.54, 1.807) is 29.8 Å². The van der Waals surface area contributed by atoms with Crippen LogP contribution in [0.25, 0.3) is 16.9 Å². The fourth-order valence-electron chi connectivity index (χ4n) is 3.60. The number of benzene rings is 1. The normalized spacial score (nSPS) is 14.5. The van der Waals surface area contributed by atoms with Crippen molar-refractivity contribution in [1.82, 2.24) is 14.7 Å². The predicted molar refractivity (Wildman–Crippen MR) is 121 cm³/mol. The first-order valence-electron chi connectivity index (χ1n) is 10.8. The monoisotopic (exact) mass is 475 g/mol. The summed E-state index contributed by atoms with van der Waals surface area (Å²) in [6.45, 7) is 2.24. The van der Waals surface area contributed by atoms with Crippen LogP contribution in [0.5, 0.6) is 5.75 Å². The summed E-state index contributed by atoms with van der Waals surface area (Å²) in [6, 6.07) is 7.61. The van der Waals surface area contributed by atoms with Gasteiger partial charge in [0.15, 0.2) is 0 Å². The second-order valence-electron chi connectivity index (χ2n) is 8.38. The number of hydrogen-bond donors (Lipinski definition) is 3. The Labute approximate surface area is 193 Å². The lowest BCUT2D eigenvalue weighted by atomic mass is 10.1. The number of carbonyl (C=O) groups excluding carboxylic acids is 1. The van der Waals surface area contributed by atoms with E-state index < -0.39 is 18.8 Å². The van der Waals surface area contributed by atoms with Crippen molar-refractivity contribution in [3.63, 3.8) is 0 Å². The number of alkyl halides is 3. The van der Waals surface area contributed by atoms with Crippen LogP contribution in [-0.4, -0.2) is 45.2 Å². The van der Waals surface area contributed by atoms with Crippen LogP contribution in [0.4, 0.5) is 23.7 Å². The van der Waals surface area contributed by atoms with Gasteiger partial charge >= 0.3 is 12.2 Å². The average Bonchev–Trinajstić information content (AvgIpc) is 3.49. The lowest BCUT2D eigenvalue weighted by molar-refractivity contribution is -0.122. The molecule has 0 aliphatic heterocycles. The zero-order chi connectivity index (χ0) is 24.5. The Morgan fingerprint density at radius 2 is 2.06 bits per heavy atom. The van der Waals surface area contributed by atoms with Crippen LogP contribution in [0.3, 0.4) is 0 Å². The quantitative estimate of drug-likeness (QED) is 0.253. The van der Waals surface area contributed by atoms with Crippen molar-refractivity contribution in [3.8, 4) is 17.0 Å². The number of amides is 2. The van der Waals surface area contributed by atoms with Crippen LogP contribution < -0.4 is 15.4 Å². The number of aromatic nitrogens is 2. The Morgan fingerprint density at radius 3 is 2.71 bits per heavy atom. The third-order valence-electron chi connectivity index (χ3n) is 5.16. The molecule has 0 bridgehead atoms. The molecular formula is C23H24F3N5O3. The topological polar surface area (TPSA) is 100 Å². The van der Waals surface area contributed by atoms with E-state index in [1.165, 1.54) is 6.07 Å². The molecule has 3 N–H and O–H groups in total. The number of halogens is 3. The van der Waals surface area contributed by atoms with Crippen molar-refractivity contribution in [2.75, 3.05) is 11.9 Å². The number of pyridine rings is 1. The number of fused-ring (bicyclic) bond motifs is 1. The molecule has 11 heteroatoms. The van der Waals surface area contributed by atoms with Gasteiger partial charge in [-0.1, -0.05) is 5.16 Å². The number of oxime groups is 1. The third-order valence-corrected chi connectivity index (χ3v) is 5.16. The highest BCUT2D eigenvalue weighted by Crippen LogP contribution is 2.34. The van der Waals surface area contributed by atoms with Crippen molar-refractivity contribution < 1.29 is 27.9 Å². The van der Waals surface area contributed by atoms with E-state index >= 15 is 0 Å². The largest absolute Gasteiger partial charge is 0.491 e. The molecule has 0 spiro atoms. The molecule has 3 aromatic rings. The van der Waals surface area contributed by atoms with Crippen molar-refractivity contribution in [2.45, 2.75) is 39.0 Å². The summed E-state index contributed by atoms with van der Waals surface area (Å²) < 4.78 is 44.8. The van der Waals surface area contributed by atoms with Gasteiger partial charge in [-0.25, -0.2) is 9.78 Å². The minimum absolute atomic E-state index is 0.162. The molecular weight excluding hydrogens is 451 g/mol. The average molecular weight is 475 g/mol. The molecule has 1 saturated carbocycles. The number of imidazole rings is 1. The van der Waals surface area contributed by atoms with E-state index in [9.17, 15) is 23.2 Å². The molecule has 0 unspecified atom stereocenters. The van der Waals surface area contributed by atoms with Gasteiger partial charge in [-0.3, -0.25) is 4.40 Å². The zero-order valence-electron chi connectivity index (χ0n) is 18.6. The van der Waals surface area contributed by atoms with Gasteiger partial charge in [0.05, 0.1) is 23.7 Å². The van der Waals surface area contributed by atoms with Gasteiger partial charge in [0, 0.05) is 35.0 Å². The molecule has 0 atom stereocenters. The SMILES string of the molecule is CC(C)Oc1cc(NC(=O)NCC(F)(F)F)cc(-c2cnc3cc(/C(=N/O)C4CC4)ccn23)c1. The van der Waals surface area contributed by atoms with Crippen molar-refractivity contribution in [2.24, 2.45) is 11.1 Å². The first kappa shape index (κ1) is 23.4. The van der Waals surface area contributed by atoms with Gasteiger partial charge in [-0.15, -0.1) is 0 Å². The van der Waals surface area contributed by atoms with Crippen LogP contribution in [0.15, 0.2) is 47.9 Å². The minimum Gasteiger partial charge on any atom is -0.491 e. The van der Waals surface area contributed by atoms with Gasteiger partial charge in [0.2, 0.25) is 0 Å².